The summed E-state index contributed by atoms with van der Waals surface area (Å²) in [7, 11) is 0. The molecule has 0 aromatic rings. The van der Waals surface area contributed by atoms with Gasteiger partial charge in [0.05, 0.1) is 12.2 Å². The van der Waals surface area contributed by atoms with Crippen LogP contribution in [0.3, 0.4) is 0 Å². The van der Waals surface area contributed by atoms with E-state index in [-0.39, 0.29) is 5.60 Å². The minimum absolute atomic E-state index is 0.195. The van der Waals surface area contributed by atoms with Gasteiger partial charge in [-0.2, -0.15) is 11.8 Å². The molecule has 1 N–H and O–H groups in total. The van der Waals surface area contributed by atoms with E-state index in [2.05, 4.69) is 17.1 Å². The minimum Gasteiger partial charge on any atom is -0.372 e. The van der Waals surface area contributed by atoms with Crippen molar-refractivity contribution in [3.63, 3.8) is 0 Å². The fourth-order valence-electron chi connectivity index (χ4n) is 4.04. The summed E-state index contributed by atoms with van der Waals surface area (Å²) in [6.07, 6.45) is 11.2. The molecule has 3 heteroatoms. The number of thioether (sulfide) groups is 1. The Bertz CT molecular complexity index is 251. The highest BCUT2D eigenvalue weighted by molar-refractivity contribution is 7.99. The predicted molar refractivity (Wildman–Crippen MR) is 78.2 cm³/mol. The summed E-state index contributed by atoms with van der Waals surface area (Å²) in [4.78, 5) is 0. The van der Waals surface area contributed by atoms with Gasteiger partial charge in [0, 0.05) is 12.6 Å². The van der Waals surface area contributed by atoms with Gasteiger partial charge in [-0.15, -0.1) is 0 Å². The van der Waals surface area contributed by atoms with Gasteiger partial charge in [-0.3, -0.25) is 0 Å². The summed E-state index contributed by atoms with van der Waals surface area (Å²) >= 11 is 2.10. The van der Waals surface area contributed by atoms with Crippen LogP contribution in [0.2, 0.25) is 0 Å². The molecule has 0 aromatic heterocycles. The quantitative estimate of drug-likeness (QED) is 0.832. The standard InChI is InChI=1S/C15H27NOS/c1-2-4-13(5-3-1)12-14-15(17-9-8-16-14)6-10-18-11-7-15/h13-14,16H,1-12H2. The van der Waals surface area contributed by atoms with Crippen LogP contribution in [-0.4, -0.2) is 36.3 Å². The molecular weight excluding hydrogens is 242 g/mol. The number of nitrogens with one attached hydrogen (secondary N) is 1. The maximum Gasteiger partial charge on any atom is 0.0851 e. The second-order valence-electron chi connectivity index (χ2n) is 6.27. The summed E-state index contributed by atoms with van der Waals surface area (Å²) < 4.78 is 6.28. The molecule has 1 aliphatic carbocycles. The van der Waals surface area contributed by atoms with E-state index in [1.165, 1.54) is 62.9 Å². The van der Waals surface area contributed by atoms with Crippen LogP contribution in [0.15, 0.2) is 0 Å². The molecule has 0 radical (unpaired) electrons. The van der Waals surface area contributed by atoms with Gasteiger partial charge < -0.3 is 10.1 Å². The van der Waals surface area contributed by atoms with Gasteiger partial charge in [0.1, 0.15) is 0 Å². The van der Waals surface area contributed by atoms with Crippen molar-refractivity contribution in [3.05, 3.63) is 0 Å². The average Bonchev–Trinajstić information content (AvgIpc) is 2.44. The number of rotatable bonds is 2. The first-order chi connectivity index (χ1) is 8.89. The lowest BCUT2D eigenvalue weighted by atomic mass is 9.77. The third-order valence-electron chi connectivity index (χ3n) is 5.15. The zero-order chi connectivity index (χ0) is 12.3. The van der Waals surface area contributed by atoms with E-state index in [9.17, 15) is 0 Å². The lowest BCUT2D eigenvalue weighted by Crippen LogP contribution is -2.60. The molecule has 2 aliphatic heterocycles. The van der Waals surface area contributed by atoms with E-state index in [0.29, 0.717) is 6.04 Å². The van der Waals surface area contributed by atoms with E-state index >= 15 is 0 Å². The van der Waals surface area contributed by atoms with Crippen LogP contribution in [0.5, 0.6) is 0 Å². The zero-order valence-electron chi connectivity index (χ0n) is 11.5. The first-order valence-corrected chi connectivity index (χ1v) is 9.00. The maximum atomic E-state index is 6.28. The van der Waals surface area contributed by atoms with Gasteiger partial charge in [-0.1, -0.05) is 32.1 Å². The van der Waals surface area contributed by atoms with Crippen LogP contribution in [0.1, 0.15) is 51.4 Å². The summed E-state index contributed by atoms with van der Waals surface area (Å²) in [5.41, 5.74) is 0.195. The van der Waals surface area contributed by atoms with Gasteiger partial charge in [-0.05, 0) is 36.7 Å². The fraction of sp³-hybridized carbons (Fsp3) is 1.00. The Morgan fingerprint density at radius 3 is 2.67 bits per heavy atom. The molecule has 1 saturated carbocycles. The van der Waals surface area contributed by atoms with E-state index in [0.717, 1.165) is 19.1 Å². The molecule has 2 heterocycles. The Kier molecular flexibility index (Phi) is 4.53. The summed E-state index contributed by atoms with van der Waals surface area (Å²) in [6.45, 7) is 1.98. The Morgan fingerprint density at radius 2 is 1.89 bits per heavy atom. The van der Waals surface area contributed by atoms with Gasteiger partial charge in [-0.25, -0.2) is 0 Å². The van der Waals surface area contributed by atoms with E-state index in [4.69, 9.17) is 4.74 Å². The van der Waals surface area contributed by atoms with E-state index < -0.39 is 0 Å². The Labute approximate surface area is 116 Å². The number of hydrogen-bond acceptors (Lipinski definition) is 3. The van der Waals surface area contributed by atoms with Crippen molar-refractivity contribution in [2.24, 2.45) is 5.92 Å². The topological polar surface area (TPSA) is 21.3 Å². The molecule has 1 atom stereocenters. The molecule has 18 heavy (non-hydrogen) atoms. The molecule has 1 unspecified atom stereocenters. The maximum absolute atomic E-state index is 6.28. The van der Waals surface area contributed by atoms with Crippen molar-refractivity contribution in [2.45, 2.75) is 63.0 Å². The van der Waals surface area contributed by atoms with Crippen LogP contribution >= 0.6 is 11.8 Å². The first kappa shape index (κ1) is 13.3. The van der Waals surface area contributed by atoms with Crippen LogP contribution < -0.4 is 5.32 Å². The Hall–Kier alpha value is 0.270. The molecular formula is C15H27NOS. The number of ether oxygens (including phenoxy) is 1. The molecule has 1 spiro atoms. The highest BCUT2D eigenvalue weighted by Crippen LogP contribution is 2.39. The highest BCUT2D eigenvalue weighted by atomic mass is 32.2. The van der Waals surface area contributed by atoms with E-state index in [1.54, 1.807) is 0 Å². The summed E-state index contributed by atoms with van der Waals surface area (Å²) in [6, 6.07) is 0.634. The minimum atomic E-state index is 0.195. The van der Waals surface area contributed by atoms with Gasteiger partial charge in [0.25, 0.3) is 0 Å². The second kappa shape index (κ2) is 6.15. The molecule has 2 nitrogen and oxygen atoms in total. The molecule has 2 saturated heterocycles. The predicted octanol–water partition coefficient (Wildman–Crippen LogP) is 3.21. The molecule has 3 aliphatic rings. The molecule has 3 rings (SSSR count). The lowest BCUT2D eigenvalue weighted by Gasteiger charge is -2.48. The highest BCUT2D eigenvalue weighted by Gasteiger charge is 2.43. The van der Waals surface area contributed by atoms with Gasteiger partial charge >= 0.3 is 0 Å². The fourth-order valence-corrected chi connectivity index (χ4v) is 5.22. The third-order valence-corrected chi connectivity index (χ3v) is 6.14. The van der Waals surface area contributed by atoms with Crippen molar-refractivity contribution in [1.29, 1.82) is 0 Å². The van der Waals surface area contributed by atoms with Gasteiger partial charge in [0.15, 0.2) is 0 Å². The second-order valence-corrected chi connectivity index (χ2v) is 7.50. The van der Waals surface area contributed by atoms with Crippen LogP contribution in [-0.2, 0) is 4.74 Å². The van der Waals surface area contributed by atoms with Crippen LogP contribution in [0.25, 0.3) is 0 Å². The zero-order valence-corrected chi connectivity index (χ0v) is 12.3. The number of hydrogen-bond donors (Lipinski definition) is 1. The SMILES string of the molecule is C1CCC(CC2NCCOC23CCSCC3)CC1. The largest absolute Gasteiger partial charge is 0.372 e. The molecule has 0 aromatic carbocycles. The molecule has 3 fully saturated rings. The van der Waals surface area contributed by atoms with Crippen molar-refractivity contribution in [2.75, 3.05) is 24.7 Å². The first-order valence-electron chi connectivity index (χ1n) is 7.84. The van der Waals surface area contributed by atoms with Crippen molar-refractivity contribution < 1.29 is 4.74 Å². The monoisotopic (exact) mass is 269 g/mol. The molecule has 104 valence electrons. The lowest BCUT2D eigenvalue weighted by molar-refractivity contribution is -0.107. The summed E-state index contributed by atoms with van der Waals surface area (Å²) in [5, 5.41) is 3.79. The molecule has 0 amide bonds. The Balaban J connectivity index is 1.63. The normalized spacial score (nSPS) is 33.7. The van der Waals surface area contributed by atoms with Crippen LogP contribution in [0.4, 0.5) is 0 Å². The third kappa shape index (κ3) is 2.88. The van der Waals surface area contributed by atoms with E-state index in [1.807, 2.05) is 0 Å². The van der Waals surface area contributed by atoms with Crippen LogP contribution in [0, 0.1) is 5.92 Å². The average molecular weight is 269 g/mol. The van der Waals surface area contributed by atoms with Crippen molar-refractivity contribution in [1.82, 2.24) is 5.32 Å². The Morgan fingerprint density at radius 1 is 1.11 bits per heavy atom. The summed E-state index contributed by atoms with van der Waals surface area (Å²) in [5.74, 6) is 3.55. The van der Waals surface area contributed by atoms with Crippen molar-refractivity contribution in [3.8, 4) is 0 Å². The smallest absolute Gasteiger partial charge is 0.0851 e. The van der Waals surface area contributed by atoms with Gasteiger partial charge in [0.2, 0.25) is 0 Å². The van der Waals surface area contributed by atoms with Crippen molar-refractivity contribution >= 4 is 11.8 Å². The number of morpholine rings is 1. The molecule has 0 bridgehead atoms.